The smallest absolute Gasteiger partial charge is 0.341 e. The number of nitrogens with one attached hydrogen (secondary N) is 1. The second-order valence-corrected chi connectivity index (χ2v) is 10.8. The van der Waals surface area contributed by atoms with Crippen LogP contribution in [-0.4, -0.2) is 54.0 Å². The topological polar surface area (TPSA) is 113 Å². The van der Waals surface area contributed by atoms with Gasteiger partial charge < -0.3 is 14.8 Å². The van der Waals surface area contributed by atoms with Gasteiger partial charge in [0, 0.05) is 30.5 Å². The van der Waals surface area contributed by atoms with E-state index in [0.717, 1.165) is 25.7 Å². The fraction of sp³-hybridized carbons (Fsp3) is 0.360. The molecule has 1 heterocycles. The summed E-state index contributed by atoms with van der Waals surface area (Å²) in [6, 6.07) is 9.27. The summed E-state index contributed by atoms with van der Waals surface area (Å²) in [7, 11) is -2.05. The van der Waals surface area contributed by atoms with Crippen molar-refractivity contribution in [2.24, 2.45) is 0 Å². The highest BCUT2D eigenvalue weighted by atomic mass is 35.5. The number of H-pyrrole nitrogens is 1. The van der Waals surface area contributed by atoms with Gasteiger partial charge in [0.15, 0.2) is 5.75 Å². The average Bonchev–Trinajstić information content (AvgIpc) is 3.46. The molecular weight excluding hydrogens is 561 g/mol. The standard InChI is InChI=1S/C14H22ClNO2S.C8H6Cl2O3.C3H4N2/c1-3-5-11-16(12-6-4-2)19(17,18)14-9-7-13(15)8-10-14;1-13-7-5(10)3-2-4(9)6(7)8(11)12;1-2-5-3-4-1/h7-10H,3-6,11-12H2,1-2H3;2-3H,1H3,(H,11,12);1-3H,(H,4,5). The molecule has 204 valence electrons. The van der Waals surface area contributed by atoms with Crippen molar-refractivity contribution >= 4 is 50.8 Å². The molecule has 12 heteroatoms. The van der Waals surface area contributed by atoms with E-state index >= 15 is 0 Å². The van der Waals surface area contributed by atoms with Crippen LogP contribution in [-0.2, 0) is 10.0 Å². The molecule has 0 fully saturated rings. The van der Waals surface area contributed by atoms with Crippen LogP contribution < -0.4 is 4.74 Å². The number of carboxylic acid groups (broad SMARTS) is 1. The zero-order valence-corrected chi connectivity index (χ0v) is 24.0. The van der Waals surface area contributed by atoms with Crippen LogP contribution in [0.25, 0.3) is 0 Å². The first-order valence-electron chi connectivity index (χ1n) is 11.5. The van der Waals surface area contributed by atoms with E-state index in [1.165, 1.54) is 19.2 Å². The van der Waals surface area contributed by atoms with Crippen LogP contribution in [0.3, 0.4) is 0 Å². The summed E-state index contributed by atoms with van der Waals surface area (Å²) >= 11 is 17.2. The number of benzene rings is 2. The Labute approximate surface area is 233 Å². The summed E-state index contributed by atoms with van der Waals surface area (Å²) in [5.41, 5.74) is -0.114. The molecule has 0 radical (unpaired) electrons. The number of nitrogens with zero attached hydrogens (tertiary/aromatic N) is 2. The molecule has 0 saturated heterocycles. The summed E-state index contributed by atoms with van der Waals surface area (Å²) < 4.78 is 31.5. The molecule has 0 aliphatic rings. The minimum absolute atomic E-state index is 0.0849. The van der Waals surface area contributed by atoms with Crippen LogP contribution in [0.15, 0.2) is 60.0 Å². The number of rotatable bonds is 10. The van der Waals surface area contributed by atoms with Gasteiger partial charge in [-0.25, -0.2) is 18.2 Å². The number of hydrogen-bond donors (Lipinski definition) is 2. The zero-order chi connectivity index (χ0) is 27.8. The molecule has 0 atom stereocenters. The highest BCUT2D eigenvalue weighted by Gasteiger charge is 2.23. The molecule has 0 aliphatic heterocycles. The lowest BCUT2D eigenvalue weighted by Gasteiger charge is -2.21. The van der Waals surface area contributed by atoms with Gasteiger partial charge in [0.2, 0.25) is 10.0 Å². The van der Waals surface area contributed by atoms with Gasteiger partial charge in [-0.05, 0) is 49.2 Å². The number of aromatic nitrogens is 2. The fourth-order valence-corrected chi connectivity index (χ4v) is 5.03. The van der Waals surface area contributed by atoms with E-state index in [1.807, 2.05) is 0 Å². The number of ether oxygens (including phenoxy) is 1. The molecule has 37 heavy (non-hydrogen) atoms. The van der Waals surface area contributed by atoms with Crippen molar-refractivity contribution in [1.82, 2.24) is 14.3 Å². The van der Waals surface area contributed by atoms with Gasteiger partial charge in [-0.3, -0.25) is 0 Å². The van der Waals surface area contributed by atoms with Gasteiger partial charge in [-0.2, -0.15) is 4.31 Å². The van der Waals surface area contributed by atoms with Crippen LogP contribution in [0, 0.1) is 0 Å². The Morgan fingerprint density at radius 1 is 1.00 bits per heavy atom. The lowest BCUT2D eigenvalue weighted by Crippen LogP contribution is -2.33. The highest BCUT2D eigenvalue weighted by Crippen LogP contribution is 2.33. The van der Waals surface area contributed by atoms with Crippen molar-refractivity contribution in [3.05, 3.63) is 75.8 Å². The molecule has 0 spiro atoms. The van der Waals surface area contributed by atoms with E-state index in [-0.39, 0.29) is 21.4 Å². The third-order valence-electron chi connectivity index (χ3n) is 4.86. The van der Waals surface area contributed by atoms with Gasteiger partial charge in [0.1, 0.15) is 5.56 Å². The number of methoxy groups -OCH3 is 1. The van der Waals surface area contributed by atoms with Crippen molar-refractivity contribution in [3.63, 3.8) is 0 Å². The summed E-state index contributed by atoms with van der Waals surface area (Å²) in [6.45, 7) is 5.29. The Kier molecular flexibility index (Phi) is 15.3. The van der Waals surface area contributed by atoms with Crippen LogP contribution in [0.5, 0.6) is 5.75 Å². The third kappa shape index (κ3) is 10.9. The van der Waals surface area contributed by atoms with Crippen molar-refractivity contribution < 1.29 is 23.1 Å². The van der Waals surface area contributed by atoms with E-state index in [9.17, 15) is 13.2 Å². The molecule has 0 saturated carbocycles. The predicted octanol–water partition coefficient (Wildman–Crippen LogP) is 7.04. The molecule has 0 unspecified atom stereocenters. The number of carboxylic acids is 1. The lowest BCUT2D eigenvalue weighted by atomic mass is 10.2. The van der Waals surface area contributed by atoms with Crippen LogP contribution in [0.2, 0.25) is 15.1 Å². The van der Waals surface area contributed by atoms with Gasteiger partial charge in [0.05, 0.1) is 28.4 Å². The summed E-state index contributed by atoms with van der Waals surface area (Å²) in [5, 5.41) is 9.66. The van der Waals surface area contributed by atoms with E-state index < -0.39 is 16.0 Å². The Morgan fingerprint density at radius 3 is 1.95 bits per heavy atom. The van der Waals surface area contributed by atoms with Crippen molar-refractivity contribution in [3.8, 4) is 5.75 Å². The number of halogens is 3. The third-order valence-corrected chi connectivity index (χ3v) is 7.63. The molecule has 0 aliphatic carbocycles. The molecule has 3 aromatic rings. The Morgan fingerprint density at radius 2 is 1.57 bits per heavy atom. The van der Waals surface area contributed by atoms with Crippen molar-refractivity contribution in [2.75, 3.05) is 20.2 Å². The molecule has 8 nitrogen and oxygen atoms in total. The number of imidazole rings is 1. The number of unbranched alkanes of at least 4 members (excludes halogenated alkanes) is 2. The van der Waals surface area contributed by atoms with Gasteiger partial charge in [-0.1, -0.05) is 61.5 Å². The number of carbonyl (C=O) groups is 1. The second-order valence-electron chi connectivity index (χ2n) is 7.57. The maximum Gasteiger partial charge on any atom is 0.341 e. The average molecular weight is 593 g/mol. The number of aromatic carboxylic acids is 1. The molecule has 1 aromatic heterocycles. The number of aromatic amines is 1. The van der Waals surface area contributed by atoms with Gasteiger partial charge in [0.25, 0.3) is 0 Å². The second kappa shape index (κ2) is 17.3. The lowest BCUT2D eigenvalue weighted by molar-refractivity contribution is 0.0693. The predicted molar refractivity (Wildman–Crippen MR) is 149 cm³/mol. The van der Waals surface area contributed by atoms with Crippen LogP contribution >= 0.6 is 34.8 Å². The summed E-state index contributed by atoms with van der Waals surface area (Å²) in [5.74, 6) is -1.08. The molecule has 0 bridgehead atoms. The molecule has 0 amide bonds. The first-order valence-corrected chi connectivity index (χ1v) is 14.1. The normalized spacial score (nSPS) is 10.7. The van der Waals surface area contributed by atoms with Crippen molar-refractivity contribution in [1.29, 1.82) is 0 Å². The van der Waals surface area contributed by atoms with Gasteiger partial charge in [-0.15, -0.1) is 0 Å². The van der Waals surface area contributed by atoms with E-state index in [0.29, 0.717) is 23.0 Å². The Bertz CT molecular complexity index is 1150. The summed E-state index contributed by atoms with van der Waals surface area (Å²) in [4.78, 5) is 17.5. The zero-order valence-electron chi connectivity index (χ0n) is 21.0. The minimum Gasteiger partial charge on any atom is -0.494 e. The van der Waals surface area contributed by atoms with E-state index in [4.69, 9.17) is 44.6 Å². The number of hydrogen-bond acceptors (Lipinski definition) is 5. The van der Waals surface area contributed by atoms with E-state index in [1.54, 1.807) is 47.3 Å². The number of sulfonamides is 1. The van der Waals surface area contributed by atoms with Gasteiger partial charge >= 0.3 is 5.97 Å². The summed E-state index contributed by atoms with van der Waals surface area (Å²) in [6.07, 6.45) is 8.82. The first-order chi connectivity index (χ1) is 17.6. The molecule has 2 aromatic carbocycles. The molecule has 2 N–H and O–H groups in total. The quantitative estimate of drug-likeness (QED) is 0.261. The van der Waals surface area contributed by atoms with E-state index in [2.05, 4.69) is 23.8 Å². The fourth-order valence-electron chi connectivity index (χ4n) is 2.92. The Hall–Kier alpha value is -2.30. The maximum absolute atomic E-state index is 12.5. The van der Waals surface area contributed by atoms with Crippen LogP contribution in [0.4, 0.5) is 0 Å². The van der Waals surface area contributed by atoms with Crippen LogP contribution in [0.1, 0.15) is 49.9 Å². The maximum atomic E-state index is 12.5. The minimum atomic E-state index is -3.39. The SMILES string of the molecule is CCCCN(CCCC)S(=O)(=O)c1ccc(Cl)cc1.COc1c(Cl)ccc(Cl)c1C(=O)O.c1c[nH]cn1. The Balaban J connectivity index is 0.000000324. The highest BCUT2D eigenvalue weighted by molar-refractivity contribution is 7.89. The largest absolute Gasteiger partial charge is 0.494 e. The monoisotopic (exact) mass is 591 g/mol. The first kappa shape index (κ1) is 32.7. The molecular formula is C25H32Cl3N3O5S. The van der Waals surface area contributed by atoms with Crippen molar-refractivity contribution in [2.45, 2.75) is 44.4 Å². The molecule has 3 rings (SSSR count).